The van der Waals surface area contributed by atoms with Crippen molar-refractivity contribution < 1.29 is 14.7 Å². The summed E-state index contributed by atoms with van der Waals surface area (Å²) in [6.07, 6.45) is 2.54. The lowest BCUT2D eigenvalue weighted by Gasteiger charge is -2.38. The zero-order chi connectivity index (χ0) is 22.4. The normalized spacial score (nSPS) is 26.0. The quantitative estimate of drug-likeness (QED) is 0.726. The van der Waals surface area contributed by atoms with Crippen LogP contribution in [0.15, 0.2) is 47.3 Å². The lowest BCUT2D eigenvalue weighted by Crippen LogP contribution is -2.49. The minimum absolute atomic E-state index is 0.00124. The summed E-state index contributed by atoms with van der Waals surface area (Å²) >= 11 is 0. The second-order valence-electron chi connectivity index (χ2n) is 9.15. The third-order valence-corrected chi connectivity index (χ3v) is 7.16. The van der Waals surface area contributed by atoms with Crippen molar-refractivity contribution in [3.05, 3.63) is 58.5 Å². The molecule has 1 aromatic heterocycles. The number of fused-ring (bicyclic) bond motifs is 4. The smallest absolute Gasteiger partial charge is 0.258 e. The molecular formula is C25H29N3O4. The van der Waals surface area contributed by atoms with Crippen molar-refractivity contribution in [1.82, 2.24) is 14.8 Å². The van der Waals surface area contributed by atoms with Crippen molar-refractivity contribution in [1.29, 1.82) is 0 Å². The summed E-state index contributed by atoms with van der Waals surface area (Å²) in [5.74, 6) is -1.08. The van der Waals surface area contributed by atoms with E-state index in [9.17, 15) is 19.5 Å². The molecule has 3 heterocycles. The van der Waals surface area contributed by atoms with Gasteiger partial charge in [-0.05, 0) is 37.0 Å². The first-order valence-electron chi connectivity index (χ1n) is 11.6. The average molecular weight is 436 g/mol. The molecule has 2 aliphatic heterocycles. The number of aromatic nitrogens is 1. The lowest BCUT2D eigenvalue weighted by molar-refractivity contribution is -0.138. The van der Waals surface area contributed by atoms with Gasteiger partial charge in [0.15, 0.2) is 0 Å². The van der Waals surface area contributed by atoms with E-state index in [1.807, 2.05) is 48.2 Å². The van der Waals surface area contributed by atoms with Crippen LogP contribution in [0.3, 0.4) is 0 Å². The highest BCUT2D eigenvalue weighted by atomic mass is 16.3. The van der Waals surface area contributed by atoms with E-state index in [1.165, 1.54) is 0 Å². The van der Waals surface area contributed by atoms with E-state index in [-0.39, 0.29) is 35.9 Å². The number of pyridine rings is 1. The summed E-state index contributed by atoms with van der Waals surface area (Å²) in [5.41, 5.74) is 2.01. The maximum absolute atomic E-state index is 13.5. The third kappa shape index (κ3) is 3.26. The fourth-order valence-electron chi connectivity index (χ4n) is 5.45. The fraction of sp³-hybridized carbons (Fsp3) is 0.480. The number of hydrogen-bond acceptors (Lipinski definition) is 4. The highest BCUT2D eigenvalue weighted by molar-refractivity contribution is 5.86. The summed E-state index contributed by atoms with van der Waals surface area (Å²) in [4.78, 5) is 41.8. The van der Waals surface area contributed by atoms with Gasteiger partial charge in [-0.3, -0.25) is 14.4 Å². The summed E-state index contributed by atoms with van der Waals surface area (Å²) < 4.78 is 1.73. The van der Waals surface area contributed by atoms with Gasteiger partial charge in [0.1, 0.15) is 0 Å². The number of amides is 2. The second kappa shape index (κ2) is 8.20. The number of nitrogens with one attached hydrogen (secondary N) is 1. The Balaban J connectivity index is 1.62. The van der Waals surface area contributed by atoms with Gasteiger partial charge >= 0.3 is 0 Å². The molecule has 7 heteroatoms. The van der Waals surface area contributed by atoms with Gasteiger partial charge < -0.3 is 19.9 Å². The number of carbonyl (C=O) groups is 2. The van der Waals surface area contributed by atoms with Crippen LogP contribution in [0.1, 0.15) is 37.9 Å². The molecule has 1 aliphatic carbocycles. The van der Waals surface area contributed by atoms with Crippen LogP contribution in [0.2, 0.25) is 0 Å². The Morgan fingerprint density at radius 1 is 1.12 bits per heavy atom. The number of carbonyl (C=O) groups excluding carboxylic acids is 2. The molecule has 32 heavy (non-hydrogen) atoms. The standard InChI is InChI=1S/C25H29N3O4/c1-2-12-26-23(30)21-18(14-29)20-13-27-19(22(21)28(20)24(31)16-8-9-16)11-10-17(25(27)32)15-6-4-3-5-7-15/h3-7,10-11,16,18,20-22,29H,2,8-9,12-14H2,1H3,(H,26,30)/t18-,20-,21+,22+/m1/s1. The molecule has 7 nitrogen and oxygen atoms in total. The molecule has 5 rings (SSSR count). The molecule has 3 aliphatic rings. The van der Waals surface area contributed by atoms with E-state index in [0.29, 0.717) is 24.3 Å². The van der Waals surface area contributed by atoms with Crippen molar-refractivity contribution in [2.45, 2.75) is 44.8 Å². The van der Waals surface area contributed by atoms with Crippen molar-refractivity contribution in [2.75, 3.05) is 13.2 Å². The Hall–Kier alpha value is -2.93. The van der Waals surface area contributed by atoms with Crippen molar-refractivity contribution in [3.8, 4) is 11.1 Å². The number of benzene rings is 1. The monoisotopic (exact) mass is 435 g/mol. The Morgan fingerprint density at radius 2 is 1.88 bits per heavy atom. The molecule has 0 spiro atoms. The Bertz CT molecular complexity index is 1090. The molecule has 2 aromatic rings. The van der Waals surface area contributed by atoms with Crippen LogP contribution in [-0.4, -0.2) is 45.6 Å². The summed E-state index contributed by atoms with van der Waals surface area (Å²) in [6.45, 7) is 2.63. The molecule has 168 valence electrons. The van der Waals surface area contributed by atoms with Gasteiger partial charge in [-0.1, -0.05) is 37.3 Å². The first-order valence-corrected chi connectivity index (χ1v) is 11.6. The Labute approximate surface area is 187 Å². The molecule has 2 bridgehead atoms. The maximum Gasteiger partial charge on any atom is 0.258 e. The molecule has 1 saturated heterocycles. The minimum atomic E-state index is -0.574. The van der Waals surface area contributed by atoms with Crippen LogP contribution in [0.5, 0.6) is 0 Å². The van der Waals surface area contributed by atoms with Crippen LogP contribution in [0.25, 0.3) is 11.1 Å². The number of hydrogen-bond donors (Lipinski definition) is 2. The van der Waals surface area contributed by atoms with E-state index < -0.39 is 17.9 Å². The van der Waals surface area contributed by atoms with Crippen molar-refractivity contribution >= 4 is 11.8 Å². The zero-order valence-corrected chi connectivity index (χ0v) is 18.2. The van der Waals surface area contributed by atoms with Gasteiger partial charge in [-0.25, -0.2) is 0 Å². The molecule has 2 fully saturated rings. The van der Waals surface area contributed by atoms with E-state index in [4.69, 9.17) is 0 Å². The summed E-state index contributed by atoms with van der Waals surface area (Å²) in [5, 5.41) is 13.2. The number of aliphatic hydroxyl groups is 1. The van der Waals surface area contributed by atoms with Crippen LogP contribution in [-0.2, 0) is 16.1 Å². The van der Waals surface area contributed by atoms with Crippen molar-refractivity contribution in [2.24, 2.45) is 17.8 Å². The second-order valence-corrected chi connectivity index (χ2v) is 9.15. The maximum atomic E-state index is 13.5. The average Bonchev–Trinajstić information content (AvgIpc) is 3.63. The van der Waals surface area contributed by atoms with Crippen LogP contribution in [0.4, 0.5) is 0 Å². The molecule has 0 radical (unpaired) electrons. The minimum Gasteiger partial charge on any atom is -0.396 e. The highest BCUT2D eigenvalue weighted by Gasteiger charge is 2.58. The van der Waals surface area contributed by atoms with Crippen LogP contribution >= 0.6 is 0 Å². The Morgan fingerprint density at radius 3 is 2.53 bits per heavy atom. The largest absolute Gasteiger partial charge is 0.396 e. The lowest BCUT2D eigenvalue weighted by atomic mass is 9.86. The Kier molecular flexibility index (Phi) is 5.37. The zero-order valence-electron chi connectivity index (χ0n) is 18.2. The van der Waals surface area contributed by atoms with Gasteiger partial charge in [0.25, 0.3) is 5.56 Å². The van der Waals surface area contributed by atoms with E-state index in [0.717, 1.165) is 24.8 Å². The first kappa shape index (κ1) is 20.9. The van der Waals surface area contributed by atoms with Crippen molar-refractivity contribution in [3.63, 3.8) is 0 Å². The van der Waals surface area contributed by atoms with Crippen LogP contribution in [0, 0.1) is 17.8 Å². The van der Waals surface area contributed by atoms with E-state index >= 15 is 0 Å². The molecular weight excluding hydrogens is 406 g/mol. The number of rotatable bonds is 6. The molecule has 2 amide bonds. The fourth-order valence-corrected chi connectivity index (χ4v) is 5.45. The molecule has 1 aromatic carbocycles. The topological polar surface area (TPSA) is 91.6 Å². The first-order chi connectivity index (χ1) is 15.6. The summed E-state index contributed by atoms with van der Waals surface area (Å²) in [6, 6.07) is 12.3. The molecule has 1 saturated carbocycles. The van der Waals surface area contributed by atoms with Gasteiger partial charge in [0.2, 0.25) is 11.8 Å². The van der Waals surface area contributed by atoms with Gasteiger partial charge in [0, 0.05) is 42.8 Å². The number of aliphatic hydroxyl groups excluding tert-OH is 1. The highest BCUT2D eigenvalue weighted by Crippen LogP contribution is 2.50. The predicted octanol–water partition coefficient (Wildman–Crippen LogP) is 1.94. The van der Waals surface area contributed by atoms with Gasteiger partial charge in [-0.15, -0.1) is 0 Å². The third-order valence-electron chi connectivity index (χ3n) is 7.16. The van der Waals surface area contributed by atoms with Gasteiger partial charge in [-0.2, -0.15) is 0 Å². The molecule has 2 N–H and O–H groups in total. The van der Waals surface area contributed by atoms with Crippen LogP contribution < -0.4 is 10.9 Å². The molecule has 0 unspecified atom stereocenters. The SMILES string of the molecule is CCCNC(=O)[C@H]1[C@H](CO)[C@H]2Cn3c(ccc(-c4ccccc4)c3=O)[C@@H]1N2C(=O)C1CC1. The van der Waals surface area contributed by atoms with E-state index in [2.05, 4.69) is 5.32 Å². The number of nitrogens with zero attached hydrogens (tertiary/aromatic N) is 2. The van der Waals surface area contributed by atoms with Gasteiger partial charge in [0.05, 0.1) is 18.0 Å². The van der Waals surface area contributed by atoms with E-state index in [1.54, 1.807) is 10.6 Å². The predicted molar refractivity (Wildman–Crippen MR) is 120 cm³/mol. The molecule has 4 atom stereocenters. The summed E-state index contributed by atoms with van der Waals surface area (Å²) in [7, 11) is 0.